The van der Waals surface area contributed by atoms with Crippen molar-refractivity contribution in [2.24, 2.45) is 5.10 Å². The first-order valence-corrected chi connectivity index (χ1v) is 6.24. The molecular weight excluding hydrogens is 248 g/mol. The molecule has 0 aliphatic heterocycles. The molecule has 6 heteroatoms. The van der Waals surface area contributed by atoms with Crippen LogP contribution in [-0.4, -0.2) is 18.3 Å². The smallest absolute Gasteiger partial charge is 0.205 e. The highest BCUT2D eigenvalue weighted by Gasteiger charge is 1.95. The van der Waals surface area contributed by atoms with Gasteiger partial charge in [0.15, 0.2) is 0 Å². The Hall–Kier alpha value is -1.92. The summed E-state index contributed by atoms with van der Waals surface area (Å²) in [6.45, 7) is 0.619. The van der Waals surface area contributed by atoms with Crippen LogP contribution in [0.4, 0.5) is 10.9 Å². The van der Waals surface area contributed by atoms with Crippen molar-refractivity contribution in [2.75, 3.05) is 18.3 Å². The minimum atomic E-state index is 0.501. The van der Waals surface area contributed by atoms with E-state index < -0.39 is 0 Å². The number of hydrazone groups is 1. The van der Waals surface area contributed by atoms with Gasteiger partial charge in [-0.15, -0.1) is 11.3 Å². The van der Waals surface area contributed by atoms with Gasteiger partial charge in [-0.1, -0.05) is 24.3 Å². The average Bonchev–Trinajstić information content (AvgIpc) is 2.78. The van der Waals surface area contributed by atoms with Crippen molar-refractivity contribution in [2.45, 2.75) is 6.61 Å². The quantitative estimate of drug-likeness (QED) is 0.640. The first kappa shape index (κ1) is 12.5. The topological polar surface area (TPSA) is 72.5 Å². The lowest BCUT2D eigenvalue weighted by Crippen LogP contribution is -1.92. The summed E-state index contributed by atoms with van der Waals surface area (Å²) in [6.07, 6.45) is 1.73. The van der Waals surface area contributed by atoms with Crippen molar-refractivity contribution in [1.29, 1.82) is 0 Å². The third-order valence-corrected chi connectivity index (χ3v) is 2.95. The van der Waals surface area contributed by atoms with Crippen LogP contribution in [-0.2, 0) is 11.3 Å². The maximum Gasteiger partial charge on any atom is 0.205 e. The molecule has 0 fully saturated rings. The second kappa shape index (κ2) is 6.13. The largest absolute Gasteiger partial charge is 0.383 e. The Morgan fingerprint density at radius 3 is 2.83 bits per heavy atom. The van der Waals surface area contributed by atoms with Crippen molar-refractivity contribution in [3.8, 4) is 0 Å². The van der Waals surface area contributed by atoms with E-state index in [2.05, 4.69) is 15.5 Å². The van der Waals surface area contributed by atoms with E-state index in [0.29, 0.717) is 17.6 Å². The second-order valence-corrected chi connectivity index (χ2v) is 4.48. The second-order valence-electron chi connectivity index (χ2n) is 3.62. The van der Waals surface area contributed by atoms with Crippen molar-refractivity contribution in [1.82, 2.24) is 4.98 Å². The summed E-state index contributed by atoms with van der Waals surface area (Å²) in [6, 6.07) is 7.98. The lowest BCUT2D eigenvalue weighted by Gasteiger charge is -1.99. The summed E-state index contributed by atoms with van der Waals surface area (Å²) in [5, 5.41) is 6.53. The van der Waals surface area contributed by atoms with Gasteiger partial charge in [0.25, 0.3) is 0 Å². The van der Waals surface area contributed by atoms with E-state index in [-0.39, 0.29) is 0 Å². The molecule has 0 saturated carbocycles. The molecule has 0 bridgehead atoms. The molecule has 0 unspecified atom stereocenters. The van der Waals surface area contributed by atoms with Crippen LogP contribution in [0.25, 0.3) is 0 Å². The van der Waals surface area contributed by atoms with Gasteiger partial charge in [-0.05, 0) is 11.1 Å². The van der Waals surface area contributed by atoms with Crippen LogP contribution in [0.5, 0.6) is 0 Å². The molecule has 0 aliphatic rings. The van der Waals surface area contributed by atoms with Gasteiger partial charge in [0, 0.05) is 12.5 Å². The molecule has 0 atom stereocenters. The number of nitrogens with two attached hydrogens (primary N) is 1. The van der Waals surface area contributed by atoms with Gasteiger partial charge in [0.2, 0.25) is 5.13 Å². The third kappa shape index (κ3) is 3.54. The van der Waals surface area contributed by atoms with E-state index >= 15 is 0 Å². The van der Waals surface area contributed by atoms with Crippen molar-refractivity contribution in [3.63, 3.8) is 0 Å². The third-order valence-electron chi connectivity index (χ3n) is 2.19. The Morgan fingerprint density at radius 1 is 1.44 bits per heavy atom. The molecule has 2 rings (SSSR count). The van der Waals surface area contributed by atoms with Gasteiger partial charge in [-0.25, -0.2) is 4.98 Å². The number of nitrogen functional groups attached to an aromatic ring is 1. The number of thiazole rings is 1. The number of hydrogen-bond donors (Lipinski definition) is 2. The summed E-state index contributed by atoms with van der Waals surface area (Å²) in [7, 11) is 1.68. The molecule has 3 N–H and O–H groups in total. The molecule has 0 radical (unpaired) electrons. The molecule has 2 aromatic rings. The maximum absolute atomic E-state index is 5.50. The number of nitrogens with zero attached hydrogens (tertiary/aromatic N) is 2. The highest BCUT2D eigenvalue weighted by molar-refractivity contribution is 7.14. The number of hydrogen-bond acceptors (Lipinski definition) is 6. The Morgan fingerprint density at radius 2 is 2.22 bits per heavy atom. The Kier molecular flexibility index (Phi) is 4.27. The van der Waals surface area contributed by atoms with Gasteiger partial charge in [-0.3, -0.25) is 5.43 Å². The minimum absolute atomic E-state index is 0.501. The Bertz CT molecular complexity index is 521. The predicted molar refractivity (Wildman–Crippen MR) is 74.9 cm³/mol. The van der Waals surface area contributed by atoms with E-state index in [1.165, 1.54) is 11.3 Å². The van der Waals surface area contributed by atoms with Gasteiger partial charge >= 0.3 is 0 Å². The highest BCUT2D eigenvalue weighted by Crippen LogP contribution is 2.16. The number of methoxy groups -OCH3 is 1. The summed E-state index contributed by atoms with van der Waals surface area (Å²) in [4.78, 5) is 4.04. The number of anilines is 2. The molecule has 1 heterocycles. The molecule has 5 nitrogen and oxygen atoms in total. The first-order valence-electron chi connectivity index (χ1n) is 5.36. The zero-order valence-electron chi connectivity index (χ0n) is 9.96. The fraction of sp³-hybridized carbons (Fsp3) is 0.167. The number of benzene rings is 1. The summed E-state index contributed by atoms with van der Waals surface area (Å²) >= 11 is 1.42. The average molecular weight is 262 g/mol. The van der Waals surface area contributed by atoms with Crippen LogP contribution < -0.4 is 11.2 Å². The van der Waals surface area contributed by atoms with Crippen LogP contribution in [0.2, 0.25) is 0 Å². The molecular formula is C12H14N4OS. The highest BCUT2D eigenvalue weighted by atomic mass is 32.1. The maximum atomic E-state index is 5.50. The predicted octanol–water partition coefficient (Wildman–Crippen LogP) is 2.32. The molecule has 94 valence electrons. The van der Waals surface area contributed by atoms with Crippen LogP contribution in [0, 0.1) is 0 Å². The monoisotopic (exact) mass is 262 g/mol. The van der Waals surface area contributed by atoms with E-state index in [0.717, 1.165) is 11.1 Å². The van der Waals surface area contributed by atoms with Crippen LogP contribution in [0.3, 0.4) is 0 Å². The van der Waals surface area contributed by atoms with Crippen LogP contribution in [0.1, 0.15) is 11.1 Å². The van der Waals surface area contributed by atoms with Gasteiger partial charge in [0.1, 0.15) is 5.82 Å². The minimum Gasteiger partial charge on any atom is -0.383 e. The van der Waals surface area contributed by atoms with Gasteiger partial charge in [0.05, 0.1) is 12.8 Å². The zero-order chi connectivity index (χ0) is 12.8. The lowest BCUT2D eigenvalue weighted by molar-refractivity contribution is 0.185. The fourth-order valence-electron chi connectivity index (χ4n) is 1.37. The molecule has 0 spiro atoms. The molecule has 0 amide bonds. The lowest BCUT2D eigenvalue weighted by atomic mass is 10.1. The summed E-state index contributed by atoms with van der Waals surface area (Å²) < 4.78 is 5.04. The van der Waals surface area contributed by atoms with E-state index in [1.54, 1.807) is 18.7 Å². The molecule has 1 aromatic carbocycles. The zero-order valence-corrected chi connectivity index (χ0v) is 10.8. The first-order chi connectivity index (χ1) is 8.78. The van der Waals surface area contributed by atoms with Gasteiger partial charge in [-0.2, -0.15) is 5.10 Å². The number of aromatic nitrogens is 1. The standard InChI is InChI=1S/C12H14N4OS/c1-17-7-10-4-2-9(3-5-10)6-14-16-12-15-11(13)8-18-12/h2-6,8H,7,13H2,1H3,(H,15,16). The Balaban J connectivity index is 1.92. The Labute approximate surface area is 109 Å². The molecule has 18 heavy (non-hydrogen) atoms. The molecule has 0 saturated heterocycles. The van der Waals surface area contributed by atoms with Gasteiger partial charge < -0.3 is 10.5 Å². The van der Waals surface area contributed by atoms with E-state index in [9.17, 15) is 0 Å². The van der Waals surface area contributed by atoms with E-state index in [4.69, 9.17) is 10.5 Å². The normalized spacial score (nSPS) is 10.9. The van der Waals surface area contributed by atoms with Crippen LogP contribution >= 0.6 is 11.3 Å². The SMILES string of the molecule is COCc1ccc(C=NNc2nc(N)cs2)cc1. The molecule has 1 aromatic heterocycles. The number of ether oxygens (including phenoxy) is 1. The fourth-order valence-corrected chi connectivity index (χ4v) is 1.91. The van der Waals surface area contributed by atoms with Crippen molar-refractivity contribution in [3.05, 3.63) is 40.8 Å². The molecule has 0 aliphatic carbocycles. The van der Waals surface area contributed by atoms with E-state index in [1.807, 2.05) is 24.3 Å². The summed E-state index contributed by atoms with van der Waals surface area (Å²) in [5.74, 6) is 0.501. The van der Waals surface area contributed by atoms with Crippen LogP contribution in [0.15, 0.2) is 34.7 Å². The van der Waals surface area contributed by atoms with Crippen molar-refractivity contribution < 1.29 is 4.74 Å². The number of nitrogens with one attached hydrogen (secondary N) is 1. The summed E-state index contributed by atoms with van der Waals surface area (Å²) in [5.41, 5.74) is 10.5. The van der Waals surface area contributed by atoms with Crippen molar-refractivity contribution >= 4 is 28.5 Å². The number of rotatable bonds is 5.